The summed E-state index contributed by atoms with van der Waals surface area (Å²) in [6.07, 6.45) is 0.661. The molecular weight excluding hydrogens is 510 g/mol. The Balaban J connectivity index is 1.80. The molecule has 3 rings (SSSR count). The van der Waals surface area contributed by atoms with Crippen molar-refractivity contribution < 1.29 is 14.3 Å². The monoisotopic (exact) mass is 531 g/mol. The van der Waals surface area contributed by atoms with Gasteiger partial charge in [-0.3, -0.25) is 14.9 Å². The second kappa shape index (κ2) is 10.7. The Kier molecular flexibility index (Phi) is 8.00. The molecule has 2 amide bonds. The van der Waals surface area contributed by atoms with Crippen molar-refractivity contribution in [1.82, 2.24) is 5.32 Å². The molecule has 0 radical (unpaired) electrons. The number of thiocarbonyl (C=S) groups is 1. The number of benzene rings is 2. The van der Waals surface area contributed by atoms with Crippen LogP contribution in [0.5, 0.6) is 5.75 Å². The molecule has 32 heavy (non-hydrogen) atoms. The van der Waals surface area contributed by atoms with Gasteiger partial charge in [0.25, 0.3) is 11.8 Å². The minimum absolute atomic E-state index is 0.0624. The average Bonchev–Trinajstić information content (AvgIpc) is 3.04. The summed E-state index contributed by atoms with van der Waals surface area (Å²) in [6.45, 7) is 4.12. The van der Waals surface area contributed by atoms with Crippen molar-refractivity contribution in [3.05, 3.63) is 80.1 Å². The van der Waals surface area contributed by atoms with Gasteiger partial charge in [-0.05, 0) is 55.4 Å². The third-order valence-corrected chi connectivity index (χ3v) is 6.54. The third kappa shape index (κ3) is 5.73. The number of ether oxygens (including phenoxy) is 1. The molecule has 0 unspecified atom stereocenters. The van der Waals surface area contributed by atoms with E-state index >= 15 is 0 Å². The fourth-order valence-corrected chi connectivity index (χ4v) is 5.03. The van der Waals surface area contributed by atoms with Crippen molar-refractivity contribution in [1.29, 1.82) is 0 Å². The normalized spacial score (nSPS) is 10.5. The van der Waals surface area contributed by atoms with Crippen LogP contribution in [0.25, 0.3) is 0 Å². The summed E-state index contributed by atoms with van der Waals surface area (Å²) in [5, 5.41) is 6.19. The summed E-state index contributed by atoms with van der Waals surface area (Å²) in [7, 11) is 0. The SMILES string of the molecule is CCOc1ccc(Br)cc1C(=O)NC(=S)Nc1sc(Cc2ccccc2)c(C)c1C(N)=O. The Hall–Kier alpha value is -2.75. The van der Waals surface area contributed by atoms with Crippen LogP contribution in [0.15, 0.2) is 53.0 Å². The topological polar surface area (TPSA) is 93.4 Å². The Labute approximate surface area is 204 Å². The number of carbonyl (C=O) groups is 2. The Morgan fingerprint density at radius 2 is 1.91 bits per heavy atom. The molecule has 6 nitrogen and oxygen atoms in total. The molecular formula is C23H22BrN3O3S2. The van der Waals surface area contributed by atoms with Crippen LogP contribution in [0.1, 0.15) is 43.6 Å². The number of hydrogen-bond donors (Lipinski definition) is 3. The van der Waals surface area contributed by atoms with Gasteiger partial charge >= 0.3 is 0 Å². The average molecular weight is 532 g/mol. The molecule has 1 heterocycles. The van der Waals surface area contributed by atoms with E-state index in [1.165, 1.54) is 11.3 Å². The van der Waals surface area contributed by atoms with Gasteiger partial charge in [0.05, 0.1) is 17.7 Å². The molecule has 3 aromatic rings. The van der Waals surface area contributed by atoms with Gasteiger partial charge in [0.1, 0.15) is 10.8 Å². The van der Waals surface area contributed by atoms with Crippen LogP contribution < -0.4 is 21.1 Å². The maximum Gasteiger partial charge on any atom is 0.261 e. The number of nitrogens with one attached hydrogen (secondary N) is 2. The van der Waals surface area contributed by atoms with Crippen LogP contribution in [-0.2, 0) is 6.42 Å². The number of nitrogens with two attached hydrogens (primary N) is 1. The van der Waals surface area contributed by atoms with Gasteiger partial charge in [-0.2, -0.15) is 0 Å². The van der Waals surface area contributed by atoms with Crippen LogP contribution in [0.3, 0.4) is 0 Å². The van der Waals surface area contributed by atoms with Crippen molar-refractivity contribution in [2.45, 2.75) is 20.3 Å². The number of primary amides is 1. The van der Waals surface area contributed by atoms with Crippen LogP contribution in [0.2, 0.25) is 0 Å². The maximum absolute atomic E-state index is 12.8. The smallest absolute Gasteiger partial charge is 0.261 e. The van der Waals surface area contributed by atoms with Crippen molar-refractivity contribution in [2.24, 2.45) is 5.73 Å². The lowest BCUT2D eigenvalue weighted by molar-refractivity contribution is 0.0972. The van der Waals surface area contributed by atoms with E-state index < -0.39 is 11.8 Å². The molecule has 0 aliphatic carbocycles. The molecule has 0 atom stereocenters. The maximum atomic E-state index is 12.8. The summed E-state index contributed by atoms with van der Waals surface area (Å²) in [5.74, 6) is -0.531. The van der Waals surface area contributed by atoms with Gasteiger partial charge in [-0.25, -0.2) is 0 Å². The fraction of sp³-hybridized carbons (Fsp3) is 0.174. The number of amides is 2. The first-order valence-electron chi connectivity index (χ1n) is 9.80. The number of anilines is 1. The van der Waals surface area contributed by atoms with Crippen molar-refractivity contribution >= 4 is 61.4 Å². The number of carbonyl (C=O) groups excluding carboxylic acids is 2. The number of rotatable bonds is 7. The molecule has 4 N–H and O–H groups in total. The molecule has 9 heteroatoms. The minimum atomic E-state index is -0.555. The molecule has 0 saturated carbocycles. The van der Waals surface area contributed by atoms with E-state index in [0.29, 0.717) is 34.9 Å². The second-order valence-electron chi connectivity index (χ2n) is 6.86. The van der Waals surface area contributed by atoms with Gasteiger partial charge in [0.2, 0.25) is 0 Å². The van der Waals surface area contributed by atoms with Gasteiger partial charge in [-0.1, -0.05) is 46.3 Å². The summed E-state index contributed by atoms with van der Waals surface area (Å²) < 4.78 is 6.27. The molecule has 2 aromatic carbocycles. The lowest BCUT2D eigenvalue weighted by atomic mass is 10.1. The highest BCUT2D eigenvalue weighted by atomic mass is 79.9. The number of halogens is 1. The molecule has 0 bridgehead atoms. The predicted octanol–water partition coefficient (Wildman–Crippen LogP) is 5.03. The molecule has 0 aliphatic heterocycles. The second-order valence-corrected chi connectivity index (χ2v) is 9.29. The van der Waals surface area contributed by atoms with E-state index in [9.17, 15) is 9.59 Å². The molecule has 0 aliphatic rings. The Morgan fingerprint density at radius 3 is 2.56 bits per heavy atom. The van der Waals surface area contributed by atoms with E-state index in [1.807, 2.05) is 44.2 Å². The van der Waals surface area contributed by atoms with Crippen molar-refractivity contribution in [3.8, 4) is 5.75 Å². The zero-order chi connectivity index (χ0) is 23.3. The van der Waals surface area contributed by atoms with Crippen LogP contribution >= 0.6 is 39.5 Å². The number of hydrogen-bond acceptors (Lipinski definition) is 5. The first-order valence-corrected chi connectivity index (χ1v) is 11.8. The molecule has 0 fully saturated rings. The van der Waals surface area contributed by atoms with E-state index in [1.54, 1.807) is 18.2 Å². The summed E-state index contributed by atoms with van der Waals surface area (Å²) in [4.78, 5) is 25.9. The van der Waals surface area contributed by atoms with E-state index in [0.717, 1.165) is 20.5 Å². The number of thiophene rings is 1. The summed E-state index contributed by atoms with van der Waals surface area (Å²) in [6, 6.07) is 15.1. The van der Waals surface area contributed by atoms with E-state index in [2.05, 4.69) is 26.6 Å². The largest absolute Gasteiger partial charge is 0.493 e. The lowest BCUT2D eigenvalue weighted by Crippen LogP contribution is -2.34. The van der Waals surface area contributed by atoms with Gasteiger partial charge in [0, 0.05) is 15.8 Å². The summed E-state index contributed by atoms with van der Waals surface area (Å²) in [5.41, 5.74) is 8.26. The highest BCUT2D eigenvalue weighted by Crippen LogP contribution is 2.34. The standard InChI is InChI=1S/C23H22BrN3O3S2/c1-3-30-17-10-9-15(24)12-16(17)21(29)26-23(31)27-22-19(20(25)28)13(2)18(32-22)11-14-7-5-4-6-8-14/h4-10,12H,3,11H2,1-2H3,(H2,25,28)(H2,26,27,29,31). The van der Waals surface area contributed by atoms with Crippen molar-refractivity contribution in [3.63, 3.8) is 0 Å². The fourth-order valence-electron chi connectivity index (χ4n) is 3.16. The molecule has 0 saturated heterocycles. The summed E-state index contributed by atoms with van der Waals surface area (Å²) >= 11 is 10.1. The van der Waals surface area contributed by atoms with Gasteiger partial charge in [0.15, 0.2) is 5.11 Å². The lowest BCUT2D eigenvalue weighted by Gasteiger charge is -2.12. The highest BCUT2D eigenvalue weighted by Gasteiger charge is 2.21. The Morgan fingerprint density at radius 1 is 1.19 bits per heavy atom. The first kappa shape index (κ1) is 23.9. The quantitative estimate of drug-likeness (QED) is 0.371. The zero-order valence-corrected chi connectivity index (χ0v) is 20.7. The van der Waals surface area contributed by atoms with E-state index in [4.69, 9.17) is 22.7 Å². The third-order valence-electron chi connectivity index (χ3n) is 4.64. The Bertz CT molecular complexity index is 1160. The minimum Gasteiger partial charge on any atom is -0.493 e. The van der Waals surface area contributed by atoms with Crippen molar-refractivity contribution in [2.75, 3.05) is 11.9 Å². The highest BCUT2D eigenvalue weighted by molar-refractivity contribution is 9.10. The zero-order valence-electron chi connectivity index (χ0n) is 17.5. The van der Waals surface area contributed by atoms with Gasteiger partial charge < -0.3 is 15.8 Å². The molecule has 1 aromatic heterocycles. The molecule has 166 valence electrons. The van der Waals surface area contributed by atoms with Crippen LogP contribution in [0, 0.1) is 6.92 Å². The van der Waals surface area contributed by atoms with Crippen LogP contribution in [0.4, 0.5) is 5.00 Å². The molecule has 0 spiro atoms. The van der Waals surface area contributed by atoms with Gasteiger partial charge in [-0.15, -0.1) is 11.3 Å². The predicted molar refractivity (Wildman–Crippen MR) is 136 cm³/mol. The van der Waals surface area contributed by atoms with E-state index in [-0.39, 0.29) is 5.11 Å². The first-order chi connectivity index (χ1) is 15.3. The van der Waals surface area contributed by atoms with Crippen LogP contribution in [-0.4, -0.2) is 23.5 Å².